The van der Waals surface area contributed by atoms with Gasteiger partial charge in [-0.1, -0.05) is 18.2 Å². The number of allylic oxidation sites excluding steroid dienone is 4. The SMILES string of the molecule is CC(C)(O)[C@H]1CC[C@H](Nc2ccc3ncc(C4=CC=CC(C(F)(F)F)C4)n3n2)CC1. The molecule has 0 aromatic carbocycles. The largest absolute Gasteiger partial charge is 0.395 e. The molecule has 2 aliphatic carbocycles. The van der Waals surface area contributed by atoms with E-state index in [1.54, 1.807) is 16.8 Å². The number of hydrogen-bond donors (Lipinski definition) is 2. The van der Waals surface area contributed by atoms with Crippen molar-refractivity contribution in [2.24, 2.45) is 11.8 Å². The Bertz CT molecular complexity index is 963. The van der Waals surface area contributed by atoms with Gasteiger partial charge in [0.15, 0.2) is 5.65 Å². The van der Waals surface area contributed by atoms with Crippen molar-refractivity contribution < 1.29 is 18.3 Å². The first kappa shape index (κ1) is 20.9. The second kappa shape index (κ2) is 7.72. The number of anilines is 1. The third kappa shape index (κ3) is 4.38. The minimum atomic E-state index is -4.27. The highest BCUT2D eigenvalue weighted by Gasteiger charge is 2.39. The summed E-state index contributed by atoms with van der Waals surface area (Å²) in [5.74, 6) is -0.526. The summed E-state index contributed by atoms with van der Waals surface area (Å²) in [6, 6.07) is 3.93. The van der Waals surface area contributed by atoms with E-state index in [0.29, 0.717) is 28.6 Å². The number of nitrogens with zero attached hydrogens (tertiary/aromatic N) is 3. The van der Waals surface area contributed by atoms with E-state index in [4.69, 9.17) is 0 Å². The van der Waals surface area contributed by atoms with Crippen LogP contribution >= 0.6 is 0 Å². The Hall–Kier alpha value is -2.35. The van der Waals surface area contributed by atoms with Crippen LogP contribution in [0.25, 0.3) is 11.2 Å². The van der Waals surface area contributed by atoms with Crippen molar-refractivity contribution in [2.45, 2.75) is 63.8 Å². The number of aliphatic hydroxyl groups is 1. The van der Waals surface area contributed by atoms with Gasteiger partial charge < -0.3 is 10.4 Å². The Morgan fingerprint density at radius 1 is 1.13 bits per heavy atom. The van der Waals surface area contributed by atoms with Gasteiger partial charge in [0.1, 0.15) is 5.82 Å². The second-order valence-corrected chi connectivity index (χ2v) is 8.91. The smallest absolute Gasteiger partial charge is 0.390 e. The number of hydrogen-bond acceptors (Lipinski definition) is 4. The molecule has 4 rings (SSSR count). The predicted molar refractivity (Wildman–Crippen MR) is 110 cm³/mol. The number of alkyl halides is 3. The molecule has 2 aliphatic rings. The zero-order valence-corrected chi connectivity index (χ0v) is 17.2. The van der Waals surface area contributed by atoms with Gasteiger partial charge in [-0.2, -0.15) is 13.2 Å². The van der Waals surface area contributed by atoms with Crippen LogP contribution in [0.2, 0.25) is 0 Å². The van der Waals surface area contributed by atoms with Gasteiger partial charge in [0, 0.05) is 6.04 Å². The molecule has 0 aliphatic heterocycles. The number of fused-ring (bicyclic) bond motifs is 1. The summed E-state index contributed by atoms with van der Waals surface area (Å²) in [6.07, 6.45) is 5.31. The van der Waals surface area contributed by atoms with Crippen LogP contribution < -0.4 is 5.32 Å². The summed E-state index contributed by atoms with van der Waals surface area (Å²) < 4.78 is 41.1. The van der Waals surface area contributed by atoms with Crippen LogP contribution in [0.5, 0.6) is 0 Å². The van der Waals surface area contributed by atoms with Gasteiger partial charge in [-0.25, -0.2) is 9.50 Å². The predicted octanol–water partition coefficient (Wildman–Crippen LogP) is 4.99. The molecule has 2 aromatic rings. The number of halogens is 3. The van der Waals surface area contributed by atoms with Crippen LogP contribution in [0, 0.1) is 11.8 Å². The molecule has 2 heterocycles. The van der Waals surface area contributed by atoms with Gasteiger partial charge in [0.25, 0.3) is 0 Å². The van der Waals surface area contributed by atoms with Crippen molar-refractivity contribution in [3.63, 3.8) is 0 Å². The molecule has 0 bridgehead atoms. The molecule has 8 heteroatoms. The highest BCUT2D eigenvalue weighted by atomic mass is 19.4. The van der Waals surface area contributed by atoms with Crippen LogP contribution in [-0.2, 0) is 0 Å². The fourth-order valence-corrected chi connectivity index (χ4v) is 4.42. The first-order valence-corrected chi connectivity index (χ1v) is 10.4. The standard InChI is InChI=1S/C22H27F3N4O/c1-21(2,30)15-6-8-17(9-7-15)27-19-10-11-20-26-13-18(29(20)28-19)14-4-3-5-16(12-14)22(23,24)25/h3-5,10-11,13,15-17,30H,6-9,12H2,1-2H3,(H,27,28)/t15-,16?,17-. The van der Waals surface area contributed by atoms with Gasteiger partial charge in [0.2, 0.25) is 0 Å². The Morgan fingerprint density at radius 3 is 2.53 bits per heavy atom. The van der Waals surface area contributed by atoms with Gasteiger partial charge in [-0.05, 0) is 69.6 Å². The van der Waals surface area contributed by atoms with E-state index in [9.17, 15) is 18.3 Å². The molecule has 1 saturated carbocycles. The Balaban J connectivity index is 1.50. The summed E-state index contributed by atoms with van der Waals surface area (Å²) in [4.78, 5) is 4.30. The highest BCUT2D eigenvalue weighted by Crippen LogP contribution is 2.38. The lowest BCUT2D eigenvalue weighted by Crippen LogP contribution is -2.37. The summed E-state index contributed by atoms with van der Waals surface area (Å²) in [7, 11) is 0. The van der Waals surface area contributed by atoms with Gasteiger partial charge >= 0.3 is 6.18 Å². The molecule has 30 heavy (non-hydrogen) atoms. The minimum absolute atomic E-state index is 0.117. The molecule has 0 spiro atoms. The van der Waals surface area contributed by atoms with Gasteiger partial charge in [0.05, 0.1) is 23.4 Å². The third-order valence-corrected chi connectivity index (χ3v) is 6.27. The van der Waals surface area contributed by atoms with Crippen LogP contribution in [0.4, 0.5) is 19.0 Å². The zero-order valence-electron chi connectivity index (χ0n) is 17.2. The summed E-state index contributed by atoms with van der Waals surface area (Å²) in [5, 5.41) is 18.3. The van der Waals surface area contributed by atoms with Crippen molar-refractivity contribution in [1.29, 1.82) is 0 Å². The fourth-order valence-electron chi connectivity index (χ4n) is 4.42. The first-order valence-electron chi connectivity index (χ1n) is 10.4. The van der Waals surface area contributed by atoms with Gasteiger partial charge in [-0.15, -0.1) is 5.10 Å². The normalized spacial score (nSPS) is 25.4. The summed E-state index contributed by atoms with van der Waals surface area (Å²) in [6.45, 7) is 3.72. The van der Waals surface area contributed by atoms with E-state index in [-0.39, 0.29) is 12.5 Å². The number of imidazole rings is 1. The molecule has 2 N–H and O–H groups in total. The summed E-state index contributed by atoms with van der Waals surface area (Å²) in [5.41, 5.74) is 1.09. The molecule has 1 fully saturated rings. The van der Waals surface area contributed by atoms with E-state index in [1.807, 2.05) is 26.0 Å². The topological polar surface area (TPSA) is 62.5 Å². The molecule has 5 nitrogen and oxygen atoms in total. The molecular formula is C22H27F3N4O. The Kier molecular flexibility index (Phi) is 5.38. The lowest BCUT2D eigenvalue weighted by Gasteiger charge is -2.36. The lowest BCUT2D eigenvalue weighted by atomic mass is 9.77. The zero-order chi connectivity index (χ0) is 21.5. The Labute approximate surface area is 173 Å². The molecule has 1 unspecified atom stereocenters. The highest BCUT2D eigenvalue weighted by molar-refractivity contribution is 5.68. The van der Waals surface area contributed by atoms with Crippen LogP contribution in [-0.4, -0.2) is 37.5 Å². The number of nitrogens with one attached hydrogen (secondary N) is 1. The average molecular weight is 420 g/mol. The van der Waals surface area contributed by atoms with Crippen molar-refractivity contribution >= 4 is 17.0 Å². The second-order valence-electron chi connectivity index (χ2n) is 8.91. The molecule has 0 radical (unpaired) electrons. The van der Waals surface area contributed by atoms with Crippen LogP contribution in [0.3, 0.4) is 0 Å². The van der Waals surface area contributed by atoms with E-state index in [2.05, 4.69) is 15.4 Å². The van der Waals surface area contributed by atoms with E-state index < -0.39 is 17.7 Å². The summed E-state index contributed by atoms with van der Waals surface area (Å²) >= 11 is 0. The van der Waals surface area contributed by atoms with E-state index >= 15 is 0 Å². The fraction of sp³-hybridized carbons (Fsp3) is 0.545. The quantitative estimate of drug-likeness (QED) is 0.731. The third-order valence-electron chi connectivity index (χ3n) is 6.27. The Morgan fingerprint density at radius 2 is 1.87 bits per heavy atom. The monoisotopic (exact) mass is 420 g/mol. The van der Waals surface area contributed by atoms with Crippen molar-refractivity contribution in [3.05, 3.63) is 42.3 Å². The molecular weight excluding hydrogens is 393 g/mol. The maximum Gasteiger partial charge on any atom is 0.395 e. The molecule has 1 atom stereocenters. The first-order chi connectivity index (χ1) is 14.1. The maximum absolute atomic E-state index is 13.2. The van der Waals surface area contributed by atoms with Crippen LogP contribution in [0.1, 0.15) is 51.6 Å². The molecule has 162 valence electrons. The number of rotatable bonds is 4. The maximum atomic E-state index is 13.2. The van der Waals surface area contributed by atoms with Crippen molar-refractivity contribution in [1.82, 2.24) is 14.6 Å². The van der Waals surface area contributed by atoms with E-state index in [1.165, 1.54) is 12.2 Å². The average Bonchev–Trinajstić information content (AvgIpc) is 3.10. The van der Waals surface area contributed by atoms with Crippen molar-refractivity contribution in [3.8, 4) is 0 Å². The number of aromatic nitrogens is 3. The van der Waals surface area contributed by atoms with Crippen molar-refractivity contribution in [2.75, 3.05) is 5.32 Å². The lowest BCUT2D eigenvalue weighted by molar-refractivity contribution is -0.159. The molecule has 0 saturated heterocycles. The molecule has 2 aromatic heterocycles. The van der Waals surface area contributed by atoms with E-state index in [0.717, 1.165) is 25.7 Å². The minimum Gasteiger partial charge on any atom is -0.390 e. The van der Waals surface area contributed by atoms with Crippen LogP contribution in [0.15, 0.2) is 36.6 Å². The van der Waals surface area contributed by atoms with Gasteiger partial charge in [-0.3, -0.25) is 0 Å². The molecule has 0 amide bonds.